The van der Waals surface area contributed by atoms with Gasteiger partial charge in [0, 0.05) is 18.7 Å². The highest BCUT2D eigenvalue weighted by Crippen LogP contribution is 2.30. The lowest BCUT2D eigenvalue weighted by Crippen LogP contribution is -2.32. The molecule has 0 heterocycles. The van der Waals surface area contributed by atoms with Crippen LogP contribution >= 0.6 is 0 Å². The summed E-state index contributed by atoms with van der Waals surface area (Å²) >= 11 is 0. The fourth-order valence-corrected chi connectivity index (χ4v) is 3.34. The zero-order chi connectivity index (χ0) is 16.0. The molecule has 0 N–H and O–H groups in total. The van der Waals surface area contributed by atoms with Gasteiger partial charge in [0.15, 0.2) is 0 Å². The number of nitrogens with zero attached hydrogens (tertiary/aromatic N) is 3. The molecular weight excluding hydrogens is 298 g/mol. The maximum absolute atomic E-state index is 12.5. The minimum Gasteiger partial charge on any atom is -0.495 e. The van der Waals surface area contributed by atoms with Crippen molar-refractivity contribution in [2.75, 3.05) is 20.2 Å². The standard InChI is InChI=1S/C12H15N3O5S/c1-3-7-14(8-6-13)21(18,19)12-9-10(15(16)17)4-5-11(12)20-2/h4-5,9H,3,7-8H2,1-2H3. The Hall–Kier alpha value is -2.18. The molecule has 0 saturated heterocycles. The van der Waals surface area contributed by atoms with E-state index in [1.165, 1.54) is 13.2 Å². The van der Waals surface area contributed by atoms with Crippen molar-refractivity contribution in [3.63, 3.8) is 0 Å². The van der Waals surface area contributed by atoms with E-state index in [-0.39, 0.29) is 29.4 Å². The summed E-state index contributed by atoms with van der Waals surface area (Å²) in [5, 5.41) is 19.6. The number of nitriles is 1. The van der Waals surface area contributed by atoms with Gasteiger partial charge in [-0.1, -0.05) is 6.92 Å². The van der Waals surface area contributed by atoms with Crippen LogP contribution in [0.1, 0.15) is 13.3 Å². The van der Waals surface area contributed by atoms with Gasteiger partial charge in [0.25, 0.3) is 5.69 Å². The maximum atomic E-state index is 12.5. The largest absolute Gasteiger partial charge is 0.495 e. The molecule has 0 aliphatic carbocycles. The van der Waals surface area contributed by atoms with Gasteiger partial charge in [0.1, 0.15) is 17.2 Å². The van der Waals surface area contributed by atoms with E-state index in [1.807, 2.05) is 0 Å². The topological polar surface area (TPSA) is 114 Å². The minimum atomic E-state index is -4.04. The second-order valence-corrected chi connectivity index (χ2v) is 6.00. The molecule has 0 unspecified atom stereocenters. The van der Waals surface area contributed by atoms with E-state index in [1.54, 1.807) is 13.0 Å². The van der Waals surface area contributed by atoms with Crippen LogP contribution < -0.4 is 4.74 Å². The fourth-order valence-electron chi connectivity index (χ4n) is 1.73. The number of methoxy groups -OCH3 is 1. The van der Waals surface area contributed by atoms with E-state index in [4.69, 9.17) is 10.00 Å². The molecule has 0 amide bonds. The molecule has 0 aliphatic rings. The molecule has 0 aromatic heterocycles. The van der Waals surface area contributed by atoms with Gasteiger partial charge in [-0.3, -0.25) is 10.1 Å². The summed E-state index contributed by atoms with van der Waals surface area (Å²) in [5.74, 6) is -0.000331. The third kappa shape index (κ3) is 3.68. The Labute approximate surface area is 122 Å². The highest BCUT2D eigenvalue weighted by molar-refractivity contribution is 7.89. The van der Waals surface area contributed by atoms with Crippen molar-refractivity contribution < 1.29 is 18.1 Å². The first-order chi connectivity index (χ1) is 9.88. The van der Waals surface area contributed by atoms with Crippen molar-refractivity contribution in [3.05, 3.63) is 28.3 Å². The summed E-state index contributed by atoms with van der Waals surface area (Å²) in [6, 6.07) is 5.10. The van der Waals surface area contributed by atoms with E-state index in [0.29, 0.717) is 6.42 Å². The van der Waals surface area contributed by atoms with Crippen molar-refractivity contribution in [1.82, 2.24) is 4.31 Å². The molecule has 0 fully saturated rings. The highest BCUT2D eigenvalue weighted by atomic mass is 32.2. The zero-order valence-corrected chi connectivity index (χ0v) is 12.5. The maximum Gasteiger partial charge on any atom is 0.271 e. The number of rotatable bonds is 7. The zero-order valence-electron chi connectivity index (χ0n) is 11.6. The third-order valence-corrected chi connectivity index (χ3v) is 4.56. The smallest absolute Gasteiger partial charge is 0.271 e. The Morgan fingerprint density at radius 1 is 1.48 bits per heavy atom. The van der Waals surface area contributed by atoms with Crippen LogP contribution in [0.2, 0.25) is 0 Å². The van der Waals surface area contributed by atoms with E-state index >= 15 is 0 Å². The van der Waals surface area contributed by atoms with Crippen LogP contribution in [0.5, 0.6) is 5.75 Å². The molecule has 0 atom stereocenters. The van der Waals surface area contributed by atoms with Crippen molar-refractivity contribution in [3.8, 4) is 11.8 Å². The summed E-state index contributed by atoms with van der Waals surface area (Å²) in [6.07, 6.45) is 0.512. The lowest BCUT2D eigenvalue weighted by Gasteiger charge is -2.19. The summed E-state index contributed by atoms with van der Waals surface area (Å²) in [7, 11) is -2.77. The first kappa shape index (κ1) is 16.9. The Morgan fingerprint density at radius 3 is 2.62 bits per heavy atom. The SMILES string of the molecule is CCCN(CC#N)S(=O)(=O)c1cc([N+](=O)[O-])ccc1OC. The van der Waals surface area contributed by atoms with Gasteiger partial charge >= 0.3 is 0 Å². The molecule has 0 spiro atoms. The fraction of sp³-hybridized carbons (Fsp3) is 0.417. The monoisotopic (exact) mass is 313 g/mol. The van der Waals surface area contributed by atoms with Gasteiger partial charge in [-0.2, -0.15) is 9.57 Å². The average molecular weight is 313 g/mol. The van der Waals surface area contributed by atoms with Gasteiger partial charge in [0.05, 0.1) is 18.1 Å². The first-order valence-electron chi connectivity index (χ1n) is 6.08. The number of hydrogen-bond acceptors (Lipinski definition) is 6. The van der Waals surface area contributed by atoms with E-state index in [9.17, 15) is 18.5 Å². The summed E-state index contributed by atoms with van der Waals surface area (Å²) in [6.45, 7) is 1.58. The molecule has 0 saturated carbocycles. The van der Waals surface area contributed by atoms with Gasteiger partial charge in [-0.25, -0.2) is 8.42 Å². The minimum absolute atomic E-state index is 0.000331. The third-order valence-electron chi connectivity index (χ3n) is 2.70. The predicted octanol–water partition coefficient (Wildman–Crippen LogP) is 1.53. The van der Waals surface area contributed by atoms with E-state index in [0.717, 1.165) is 16.4 Å². The molecule has 1 rings (SSSR count). The van der Waals surface area contributed by atoms with E-state index in [2.05, 4.69) is 0 Å². The number of nitro benzene ring substituents is 1. The van der Waals surface area contributed by atoms with Crippen LogP contribution in [0.4, 0.5) is 5.69 Å². The van der Waals surface area contributed by atoms with Gasteiger partial charge in [-0.05, 0) is 12.5 Å². The van der Waals surface area contributed by atoms with Crippen LogP contribution in [-0.2, 0) is 10.0 Å². The second kappa shape index (κ2) is 7.01. The summed E-state index contributed by atoms with van der Waals surface area (Å²) in [5.41, 5.74) is -0.359. The van der Waals surface area contributed by atoms with Gasteiger partial charge in [-0.15, -0.1) is 0 Å². The van der Waals surface area contributed by atoms with E-state index < -0.39 is 14.9 Å². The first-order valence-corrected chi connectivity index (χ1v) is 7.52. The molecule has 114 valence electrons. The van der Waals surface area contributed by atoms with Crippen LogP contribution in [0.15, 0.2) is 23.1 Å². The number of benzene rings is 1. The lowest BCUT2D eigenvalue weighted by molar-refractivity contribution is -0.385. The van der Waals surface area contributed by atoms with Crippen molar-refractivity contribution in [2.24, 2.45) is 0 Å². The molecular formula is C12H15N3O5S. The second-order valence-electron chi connectivity index (χ2n) is 4.09. The number of hydrogen-bond donors (Lipinski definition) is 0. The predicted molar refractivity (Wildman–Crippen MR) is 74.3 cm³/mol. The molecule has 1 aromatic rings. The Kier molecular flexibility index (Phi) is 5.63. The highest BCUT2D eigenvalue weighted by Gasteiger charge is 2.29. The van der Waals surface area contributed by atoms with Crippen molar-refractivity contribution >= 4 is 15.7 Å². The quantitative estimate of drug-likeness (QED) is 0.428. The number of non-ortho nitro benzene ring substituents is 1. The number of sulfonamides is 1. The number of nitro groups is 1. The lowest BCUT2D eigenvalue weighted by atomic mass is 10.3. The molecule has 0 radical (unpaired) electrons. The average Bonchev–Trinajstić information content (AvgIpc) is 2.46. The van der Waals surface area contributed by atoms with Crippen LogP contribution in [0, 0.1) is 21.4 Å². The summed E-state index contributed by atoms with van der Waals surface area (Å²) in [4.78, 5) is 9.80. The molecule has 1 aromatic carbocycles. The van der Waals surface area contributed by atoms with Crippen molar-refractivity contribution in [2.45, 2.75) is 18.2 Å². The van der Waals surface area contributed by atoms with Crippen LogP contribution in [-0.4, -0.2) is 37.8 Å². The van der Waals surface area contributed by atoms with Gasteiger partial charge in [0.2, 0.25) is 10.0 Å². The Bertz CT molecular complexity index is 666. The molecule has 8 nitrogen and oxygen atoms in total. The molecule has 0 aliphatic heterocycles. The Morgan fingerprint density at radius 2 is 2.14 bits per heavy atom. The molecule has 0 bridgehead atoms. The van der Waals surface area contributed by atoms with Crippen LogP contribution in [0.3, 0.4) is 0 Å². The van der Waals surface area contributed by atoms with Crippen molar-refractivity contribution in [1.29, 1.82) is 5.26 Å². The van der Waals surface area contributed by atoms with Crippen LogP contribution in [0.25, 0.3) is 0 Å². The summed E-state index contributed by atoms with van der Waals surface area (Å²) < 4.78 is 31.0. The molecule has 21 heavy (non-hydrogen) atoms. The normalized spacial score (nSPS) is 11.1. The Balaban J connectivity index is 3.43. The number of ether oxygens (including phenoxy) is 1. The molecule has 9 heteroatoms. The van der Waals surface area contributed by atoms with Gasteiger partial charge < -0.3 is 4.74 Å².